The van der Waals surface area contributed by atoms with Gasteiger partial charge in [0.15, 0.2) is 5.82 Å². The zero-order valence-electron chi connectivity index (χ0n) is 12.3. The largest absolute Gasteiger partial charge is 0.327 e. The third-order valence-electron chi connectivity index (χ3n) is 3.56. The van der Waals surface area contributed by atoms with Crippen molar-refractivity contribution in [3.05, 3.63) is 70.0 Å². The Hall–Kier alpha value is -3.46. The Kier molecular flexibility index (Phi) is 3.61. The molecule has 3 rings (SSSR count). The molecule has 0 N–H and O–H groups in total. The Bertz CT molecular complexity index is 962. The van der Waals surface area contributed by atoms with Gasteiger partial charge in [0.05, 0.1) is 21.5 Å². The van der Waals surface area contributed by atoms with Crippen molar-refractivity contribution in [2.45, 2.75) is 0 Å². The van der Waals surface area contributed by atoms with Crippen LogP contribution in [0.2, 0.25) is 0 Å². The number of benzene rings is 2. The van der Waals surface area contributed by atoms with Gasteiger partial charge in [0.1, 0.15) is 6.07 Å². The van der Waals surface area contributed by atoms with E-state index in [1.54, 1.807) is 18.2 Å². The molecule has 0 atom stereocenters. The number of rotatable bonds is 3. The second kappa shape index (κ2) is 5.73. The number of hydrogen-bond acceptors (Lipinski definition) is 4. The second-order valence-corrected chi connectivity index (χ2v) is 5.00. The lowest BCUT2D eigenvalue weighted by Gasteiger charge is -2.01. The molecular formula is C17H12N4O2. The summed E-state index contributed by atoms with van der Waals surface area (Å²) < 4.78 is 1.86. The number of non-ortho nitro benzene ring substituents is 1. The summed E-state index contributed by atoms with van der Waals surface area (Å²) in [4.78, 5) is 14.7. The van der Waals surface area contributed by atoms with E-state index in [0.29, 0.717) is 17.0 Å². The molecule has 0 radical (unpaired) electrons. The minimum Gasteiger partial charge on any atom is -0.327 e. The first kappa shape index (κ1) is 14.5. The average molecular weight is 304 g/mol. The molecule has 23 heavy (non-hydrogen) atoms. The van der Waals surface area contributed by atoms with Crippen LogP contribution in [0.15, 0.2) is 48.5 Å². The van der Waals surface area contributed by atoms with E-state index in [1.807, 2.05) is 35.9 Å². The van der Waals surface area contributed by atoms with Crippen molar-refractivity contribution < 1.29 is 4.92 Å². The fourth-order valence-corrected chi connectivity index (χ4v) is 2.39. The molecule has 1 aromatic heterocycles. The van der Waals surface area contributed by atoms with Crippen LogP contribution >= 0.6 is 0 Å². The van der Waals surface area contributed by atoms with Gasteiger partial charge in [-0.1, -0.05) is 12.1 Å². The Labute approximate surface area is 132 Å². The second-order valence-electron chi connectivity index (χ2n) is 5.00. The standard InChI is InChI=1S/C17H12N4O2/c1-20-16-5-3-2-4-15(16)19-17(20)13(11-18)10-12-6-8-14(9-7-12)21(22)23/h2-10H,1H3. The number of fused-ring (bicyclic) bond motifs is 1. The van der Waals surface area contributed by atoms with Gasteiger partial charge in [-0.3, -0.25) is 10.1 Å². The number of aryl methyl sites for hydroxylation is 1. The van der Waals surface area contributed by atoms with Gasteiger partial charge in [-0.25, -0.2) is 4.98 Å². The summed E-state index contributed by atoms with van der Waals surface area (Å²) in [5.41, 5.74) is 2.88. The average Bonchev–Trinajstić information content (AvgIpc) is 2.90. The highest BCUT2D eigenvalue weighted by molar-refractivity contribution is 5.90. The first-order valence-corrected chi connectivity index (χ1v) is 6.88. The summed E-state index contributed by atoms with van der Waals surface area (Å²) in [7, 11) is 1.85. The normalized spacial score (nSPS) is 11.4. The first-order chi connectivity index (χ1) is 11.1. The highest BCUT2D eigenvalue weighted by atomic mass is 16.6. The van der Waals surface area contributed by atoms with E-state index in [4.69, 9.17) is 0 Å². The summed E-state index contributed by atoms with van der Waals surface area (Å²) in [6, 6.07) is 15.8. The van der Waals surface area contributed by atoms with Gasteiger partial charge in [-0.2, -0.15) is 5.26 Å². The van der Waals surface area contributed by atoms with Gasteiger partial charge in [-0.15, -0.1) is 0 Å². The third-order valence-corrected chi connectivity index (χ3v) is 3.56. The van der Waals surface area contributed by atoms with Gasteiger partial charge in [0.2, 0.25) is 0 Å². The van der Waals surface area contributed by atoms with Crippen molar-refractivity contribution in [1.29, 1.82) is 5.26 Å². The van der Waals surface area contributed by atoms with Crippen LogP contribution in [0.3, 0.4) is 0 Å². The molecule has 0 saturated carbocycles. The summed E-state index contributed by atoms with van der Waals surface area (Å²) in [5, 5.41) is 20.1. The summed E-state index contributed by atoms with van der Waals surface area (Å²) in [5.74, 6) is 0.562. The maximum atomic E-state index is 10.7. The minimum absolute atomic E-state index is 0.0170. The molecule has 0 unspecified atom stereocenters. The molecule has 0 amide bonds. The number of nitro benzene ring substituents is 1. The molecule has 0 aliphatic rings. The monoisotopic (exact) mass is 304 g/mol. The predicted octanol–water partition coefficient (Wildman–Crippen LogP) is 3.55. The molecule has 0 bridgehead atoms. The van der Waals surface area contributed by atoms with Crippen molar-refractivity contribution in [3.63, 3.8) is 0 Å². The van der Waals surface area contributed by atoms with Crippen LogP contribution < -0.4 is 0 Å². The number of imidazole rings is 1. The lowest BCUT2D eigenvalue weighted by Crippen LogP contribution is -1.96. The molecule has 0 spiro atoms. The molecule has 6 nitrogen and oxygen atoms in total. The molecular weight excluding hydrogens is 292 g/mol. The number of allylic oxidation sites excluding steroid dienone is 1. The lowest BCUT2D eigenvalue weighted by atomic mass is 10.1. The van der Waals surface area contributed by atoms with E-state index >= 15 is 0 Å². The zero-order valence-corrected chi connectivity index (χ0v) is 12.3. The van der Waals surface area contributed by atoms with Crippen molar-refractivity contribution in [2.75, 3.05) is 0 Å². The number of nitrogens with zero attached hydrogens (tertiary/aromatic N) is 4. The predicted molar refractivity (Wildman–Crippen MR) is 87.3 cm³/mol. The Morgan fingerprint density at radius 3 is 2.57 bits per heavy atom. The number of para-hydroxylation sites is 2. The topological polar surface area (TPSA) is 84.8 Å². The van der Waals surface area contributed by atoms with Crippen LogP contribution in [0.25, 0.3) is 22.7 Å². The van der Waals surface area contributed by atoms with Crippen molar-refractivity contribution in [3.8, 4) is 6.07 Å². The molecule has 2 aromatic carbocycles. The highest BCUT2D eigenvalue weighted by Crippen LogP contribution is 2.22. The van der Waals surface area contributed by atoms with Gasteiger partial charge in [-0.05, 0) is 35.9 Å². The SMILES string of the molecule is Cn1c(C(C#N)=Cc2ccc([N+](=O)[O-])cc2)nc2ccccc21. The first-order valence-electron chi connectivity index (χ1n) is 6.88. The van der Waals surface area contributed by atoms with Crippen LogP contribution in [-0.4, -0.2) is 14.5 Å². The van der Waals surface area contributed by atoms with Crippen LogP contribution in [0.1, 0.15) is 11.4 Å². The van der Waals surface area contributed by atoms with Gasteiger partial charge < -0.3 is 4.57 Å². The Balaban J connectivity index is 2.06. The molecule has 1 heterocycles. The molecule has 6 heteroatoms. The number of hydrogen-bond donors (Lipinski definition) is 0. The molecule has 0 saturated heterocycles. The number of nitro groups is 1. The summed E-state index contributed by atoms with van der Waals surface area (Å²) >= 11 is 0. The quantitative estimate of drug-likeness (QED) is 0.421. The van der Waals surface area contributed by atoms with E-state index in [-0.39, 0.29) is 5.69 Å². The van der Waals surface area contributed by atoms with E-state index < -0.39 is 4.92 Å². The number of aromatic nitrogens is 2. The maximum absolute atomic E-state index is 10.7. The Morgan fingerprint density at radius 1 is 1.26 bits per heavy atom. The lowest BCUT2D eigenvalue weighted by molar-refractivity contribution is -0.384. The van der Waals surface area contributed by atoms with Gasteiger partial charge in [0, 0.05) is 19.2 Å². The van der Waals surface area contributed by atoms with E-state index in [1.165, 1.54) is 12.1 Å². The molecule has 0 fully saturated rings. The summed E-state index contributed by atoms with van der Waals surface area (Å²) in [6.45, 7) is 0. The molecule has 0 aliphatic heterocycles. The van der Waals surface area contributed by atoms with Crippen LogP contribution in [0.4, 0.5) is 5.69 Å². The van der Waals surface area contributed by atoms with Crippen molar-refractivity contribution in [1.82, 2.24) is 9.55 Å². The van der Waals surface area contributed by atoms with Crippen LogP contribution in [0, 0.1) is 21.4 Å². The zero-order chi connectivity index (χ0) is 16.4. The van der Waals surface area contributed by atoms with Crippen LogP contribution in [0.5, 0.6) is 0 Å². The van der Waals surface area contributed by atoms with Crippen molar-refractivity contribution >= 4 is 28.4 Å². The number of nitriles is 1. The smallest absolute Gasteiger partial charge is 0.269 e. The fraction of sp³-hybridized carbons (Fsp3) is 0.0588. The fourth-order valence-electron chi connectivity index (χ4n) is 2.39. The highest BCUT2D eigenvalue weighted by Gasteiger charge is 2.12. The minimum atomic E-state index is -0.454. The Morgan fingerprint density at radius 2 is 1.96 bits per heavy atom. The molecule has 3 aromatic rings. The van der Waals surface area contributed by atoms with E-state index in [2.05, 4.69) is 11.1 Å². The van der Waals surface area contributed by atoms with Gasteiger partial charge >= 0.3 is 0 Å². The van der Waals surface area contributed by atoms with E-state index in [0.717, 1.165) is 11.0 Å². The molecule has 112 valence electrons. The van der Waals surface area contributed by atoms with Crippen LogP contribution in [-0.2, 0) is 7.05 Å². The third kappa shape index (κ3) is 2.68. The van der Waals surface area contributed by atoms with Crippen molar-refractivity contribution in [2.24, 2.45) is 7.05 Å². The maximum Gasteiger partial charge on any atom is 0.269 e. The summed E-state index contributed by atoms with van der Waals surface area (Å²) in [6.07, 6.45) is 1.67. The molecule has 0 aliphatic carbocycles. The van der Waals surface area contributed by atoms with E-state index in [9.17, 15) is 15.4 Å². The van der Waals surface area contributed by atoms with Gasteiger partial charge in [0.25, 0.3) is 5.69 Å².